The minimum Gasteiger partial charge on any atom is -0.497 e. The van der Waals surface area contributed by atoms with E-state index in [4.69, 9.17) is 4.74 Å². The molecule has 4 nitrogen and oxygen atoms in total. The Morgan fingerprint density at radius 3 is 3.00 bits per heavy atom. The van der Waals surface area contributed by atoms with Crippen LogP contribution in [0.4, 0.5) is 0 Å². The van der Waals surface area contributed by atoms with Crippen LogP contribution in [0.1, 0.15) is 30.9 Å². The van der Waals surface area contributed by atoms with Crippen molar-refractivity contribution in [2.24, 2.45) is 0 Å². The number of benzene rings is 1. The van der Waals surface area contributed by atoms with E-state index in [1.165, 1.54) is 5.56 Å². The Morgan fingerprint density at radius 1 is 1.50 bits per heavy atom. The fourth-order valence-corrected chi connectivity index (χ4v) is 2.64. The third-order valence-electron chi connectivity index (χ3n) is 3.64. The first-order valence-corrected chi connectivity index (χ1v) is 6.84. The summed E-state index contributed by atoms with van der Waals surface area (Å²) in [4.78, 5) is 14.2. The number of likely N-dealkylation sites (tertiary alicyclic amines) is 1. The summed E-state index contributed by atoms with van der Waals surface area (Å²) in [5.41, 5.74) is 1.18. The summed E-state index contributed by atoms with van der Waals surface area (Å²) in [6.07, 6.45) is 2.68. The molecule has 112 valence electrons. The smallest absolute Gasteiger partial charge is 0.224 e. The molecule has 0 radical (unpaired) electrons. The molecule has 1 aliphatic heterocycles. The van der Waals surface area contributed by atoms with E-state index >= 15 is 0 Å². The molecule has 1 aromatic rings. The first-order chi connectivity index (χ1) is 9.26. The van der Waals surface area contributed by atoms with E-state index in [0.29, 0.717) is 6.42 Å². The minimum atomic E-state index is 0. The van der Waals surface area contributed by atoms with Gasteiger partial charge in [-0.3, -0.25) is 4.79 Å². The third-order valence-corrected chi connectivity index (χ3v) is 3.64. The summed E-state index contributed by atoms with van der Waals surface area (Å²) in [6.45, 7) is 1.60. The highest BCUT2D eigenvalue weighted by Gasteiger charge is 2.29. The zero-order chi connectivity index (χ0) is 13.7. The molecule has 1 N–H and O–H groups in total. The van der Waals surface area contributed by atoms with Gasteiger partial charge in [0.2, 0.25) is 5.91 Å². The van der Waals surface area contributed by atoms with Gasteiger partial charge in [-0.1, -0.05) is 12.1 Å². The fraction of sp³-hybridized carbons (Fsp3) is 0.533. The molecule has 1 amide bonds. The van der Waals surface area contributed by atoms with Crippen LogP contribution in [0.2, 0.25) is 0 Å². The second-order valence-electron chi connectivity index (χ2n) is 4.88. The SMILES string of the molecule is CNCCC(=O)N1CCCC1c1cccc(OC)c1.Cl. The molecule has 0 bridgehead atoms. The predicted octanol–water partition coefficient (Wildman–Crippen LogP) is 2.39. The molecular formula is C15H23ClN2O2. The molecule has 1 unspecified atom stereocenters. The van der Waals surface area contributed by atoms with Crippen molar-refractivity contribution in [1.82, 2.24) is 10.2 Å². The molecule has 20 heavy (non-hydrogen) atoms. The van der Waals surface area contributed by atoms with Gasteiger partial charge >= 0.3 is 0 Å². The maximum atomic E-state index is 12.2. The van der Waals surface area contributed by atoms with Gasteiger partial charge in [-0.2, -0.15) is 0 Å². The van der Waals surface area contributed by atoms with Crippen LogP contribution in [0.3, 0.4) is 0 Å². The molecule has 1 heterocycles. The average Bonchev–Trinajstić information content (AvgIpc) is 2.94. The van der Waals surface area contributed by atoms with Gasteiger partial charge in [0.25, 0.3) is 0 Å². The van der Waals surface area contributed by atoms with Gasteiger partial charge in [-0.15, -0.1) is 12.4 Å². The van der Waals surface area contributed by atoms with Crippen molar-refractivity contribution in [1.29, 1.82) is 0 Å². The number of hydrogen-bond acceptors (Lipinski definition) is 3. The van der Waals surface area contributed by atoms with Gasteiger partial charge in [-0.05, 0) is 37.6 Å². The highest BCUT2D eigenvalue weighted by molar-refractivity contribution is 5.85. The summed E-state index contributed by atoms with van der Waals surface area (Å²) >= 11 is 0. The Morgan fingerprint density at radius 2 is 2.30 bits per heavy atom. The van der Waals surface area contributed by atoms with Crippen molar-refractivity contribution >= 4 is 18.3 Å². The van der Waals surface area contributed by atoms with E-state index in [0.717, 1.165) is 31.7 Å². The maximum absolute atomic E-state index is 12.2. The van der Waals surface area contributed by atoms with Crippen LogP contribution < -0.4 is 10.1 Å². The molecule has 1 saturated heterocycles. The summed E-state index contributed by atoms with van der Waals surface area (Å²) in [7, 11) is 3.54. The standard InChI is InChI=1S/C15H22N2O2.ClH/c1-16-9-8-15(18)17-10-4-7-14(17)12-5-3-6-13(11-12)19-2;/h3,5-6,11,14,16H,4,7-10H2,1-2H3;1H. The fourth-order valence-electron chi connectivity index (χ4n) is 2.64. The second kappa shape index (κ2) is 8.12. The summed E-state index contributed by atoms with van der Waals surface area (Å²) in [5, 5.41) is 3.03. The number of nitrogens with zero attached hydrogens (tertiary/aromatic N) is 1. The van der Waals surface area contributed by atoms with Crippen molar-refractivity contribution in [2.45, 2.75) is 25.3 Å². The molecule has 5 heteroatoms. The lowest BCUT2D eigenvalue weighted by Gasteiger charge is -2.25. The molecule has 1 atom stereocenters. The molecule has 0 spiro atoms. The molecule has 0 aliphatic carbocycles. The largest absolute Gasteiger partial charge is 0.497 e. The molecule has 1 fully saturated rings. The summed E-state index contributed by atoms with van der Waals surface area (Å²) in [5.74, 6) is 1.09. The Labute approximate surface area is 126 Å². The Hall–Kier alpha value is -1.26. The van der Waals surface area contributed by atoms with E-state index in [1.54, 1.807) is 7.11 Å². The van der Waals surface area contributed by atoms with E-state index in [-0.39, 0.29) is 24.4 Å². The van der Waals surface area contributed by atoms with Crippen LogP contribution in [-0.2, 0) is 4.79 Å². The quantitative estimate of drug-likeness (QED) is 0.907. The van der Waals surface area contributed by atoms with Crippen molar-refractivity contribution in [3.8, 4) is 5.75 Å². The van der Waals surface area contributed by atoms with Gasteiger partial charge in [0.15, 0.2) is 0 Å². The minimum absolute atomic E-state index is 0. The Bertz CT molecular complexity index is 440. The van der Waals surface area contributed by atoms with Crippen LogP contribution in [0.15, 0.2) is 24.3 Å². The van der Waals surface area contributed by atoms with E-state index < -0.39 is 0 Å². The van der Waals surface area contributed by atoms with Gasteiger partial charge in [0.1, 0.15) is 5.75 Å². The van der Waals surface area contributed by atoms with Crippen LogP contribution in [-0.4, -0.2) is 38.1 Å². The van der Waals surface area contributed by atoms with Gasteiger partial charge in [0, 0.05) is 19.5 Å². The normalized spacial score (nSPS) is 17.7. The lowest BCUT2D eigenvalue weighted by molar-refractivity contribution is -0.132. The van der Waals surface area contributed by atoms with E-state index in [2.05, 4.69) is 11.4 Å². The van der Waals surface area contributed by atoms with Crippen LogP contribution in [0.5, 0.6) is 5.75 Å². The zero-order valence-corrected chi connectivity index (χ0v) is 12.9. The topological polar surface area (TPSA) is 41.6 Å². The monoisotopic (exact) mass is 298 g/mol. The van der Waals surface area contributed by atoms with E-state index in [9.17, 15) is 4.79 Å². The van der Waals surface area contributed by atoms with Crippen molar-refractivity contribution in [3.63, 3.8) is 0 Å². The first-order valence-electron chi connectivity index (χ1n) is 6.84. The average molecular weight is 299 g/mol. The number of rotatable bonds is 5. The molecule has 0 saturated carbocycles. The number of carbonyl (C=O) groups excluding carboxylic acids is 1. The van der Waals surface area contributed by atoms with Gasteiger partial charge in [-0.25, -0.2) is 0 Å². The number of methoxy groups -OCH3 is 1. The van der Waals surface area contributed by atoms with Crippen LogP contribution >= 0.6 is 12.4 Å². The lowest BCUT2D eigenvalue weighted by Crippen LogP contribution is -2.32. The van der Waals surface area contributed by atoms with Gasteiger partial charge in [0.05, 0.1) is 13.2 Å². The van der Waals surface area contributed by atoms with Crippen molar-refractivity contribution in [3.05, 3.63) is 29.8 Å². The molecule has 2 rings (SSSR count). The molecule has 1 aromatic carbocycles. The van der Waals surface area contributed by atoms with Crippen LogP contribution in [0, 0.1) is 0 Å². The molecular weight excluding hydrogens is 276 g/mol. The number of nitrogens with one attached hydrogen (secondary N) is 1. The number of amides is 1. The van der Waals surface area contributed by atoms with Crippen molar-refractivity contribution < 1.29 is 9.53 Å². The molecule has 0 aromatic heterocycles. The number of hydrogen-bond donors (Lipinski definition) is 1. The lowest BCUT2D eigenvalue weighted by atomic mass is 10.0. The van der Waals surface area contributed by atoms with Gasteiger partial charge < -0.3 is 15.0 Å². The highest BCUT2D eigenvalue weighted by atomic mass is 35.5. The highest BCUT2D eigenvalue weighted by Crippen LogP contribution is 2.33. The van der Waals surface area contributed by atoms with Crippen LogP contribution in [0.25, 0.3) is 0 Å². The zero-order valence-electron chi connectivity index (χ0n) is 12.1. The summed E-state index contributed by atoms with van der Waals surface area (Å²) in [6, 6.07) is 8.25. The molecule has 1 aliphatic rings. The number of carbonyl (C=O) groups is 1. The Balaban J connectivity index is 0.00000200. The first kappa shape index (κ1) is 16.8. The number of ether oxygens (including phenoxy) is 1. The predicted molar refractivity (Wildman–Crippen MR) is 82.5 cm³/mol. The maximum Gasteiger partial charge on any atom is 0.224 e. The second-order valence-corrected chi connectivity index (χ2v) is 4.88. The van der Waals surface area contributed by atoms with E-state index in [1.807, 2.05) is 30.1 Å². The third kappa shape index (κ3) is 3.87. The van der Waals surface area contributed by atoms with Crippen molar-refractivity contribution in [2.75, 3.05) is 27.2 Å². The number of halogens is 1. The summed E-state index contributed by atoms with van der Waals surface area (Å²) < 4.78 is 5.26. The Kier molecular flexibility index (Phi) is 6.82.